The number of anilines is 1. The maximum atomic E-state index is 13.1. The van der Waals surface area contributed by atoms with Crippen molar-refractivity contribution in [2.24, 2.45) is 0 Å². The number of hydrogen-bond acceptors (Lipinski definition) is 4. The lowest BCUT2D eigenvalue weighted by Gasteiger charge is -2.25. The van der Waals surface area contributed by atoms with E-state index in [0.717, 1.165) is 17.5 Å². The maximum absolute atomic E-state index is 13.1. The van der Waals surface area contributed by atoms with E-state index in [9.17, 15) is 14.7 Å². The Morgan fingerprint density at radius 1 is 1.07 bits per heavy atom. The minimum Gasteiger partial charge on any atom is -0.507 e. The Morgan fingerprint density at radius 3 is 2.47 bits per heavy atom. The van der Waals surface area contributed by atoms with E-state index in [1.807, 2.05) is 44.2 Å². The van der Waals surface area contributed by atoms with E-state index in [0.29, 0.717) is 16.8 Å². The Kier molecular flexibility index (Phi) is 5.19. The molecular weight excluding hydrogens is 376 g/mol. The summed E-state index contributed by atoms with van der Waals surface area (Å²) in [6.45, 7) is 3.97. The lowest BCUT2D eigenvalue weighted by Crippen LogP contribution is -2.29. The second-order valence-corrected chi connectivity index (χ2v) is 7.34. The summed E-state index contributed by atoms with van der Waals surface area (Å²) in [5.41, 5.74) is 3.92. The summed E-state index contributed by atoms with van der Waals surface area (Å²) >= 11 is 0. The fourth-order valence-electron chi connectivity index (χ4n) is 3.78. The molecule has 4 rings (SSSR count). The molecule has 150 valence electrons. The Morgan fingerprint density at radius 2 is 1.83 bits per heavy atom. The van der Waals surface area contributed by atoms with Crippen molar-refractivity contribution in [1.82, 2.24) is 4.98 Å². The number of aliphatic hydroxyl groups excluding tert-OH is 1. The van der Waals surface area contributed by atoms with E-state index in [-0.39, 0.29) is 11.3 Å². The van der Waals surface area contributed by atoms with Gasteiger partial charge >= 0.3 is 0 Å². The molecule has 0 bridgehead atoms. The van der Waals surface area contributed by atoms with Crippen molar-refractivity contribution in [3.63, 3.8) is 0 Å². The number of aryl methyl sites for hydroxylation is 2. The van der Waals surface area contributed by atoms with Crippen LogP contribution in [0.15, 0.2) is 78.6 Å². The topological polar surface area (TPSA) is 70.5 Å². The third-order valence-electron chi connectivity index (χ3n) is 5.36. The monoisotopic (exact) mass is 398 g/mol. The van der Waals surface area contributed by atoms with Crippen molar-refractivity contribution >= 4 is 23.1 Å². The van der Waals surface area contributed by atoms with Crippen LogP contribution in [0.4, 0.5) is 5.69 Å². The normalized spacial score (nSPS) is 18.1. The first kappa shape index (κ1) is 19.6. The average molecular weight is 398 g/mol. The Bertz CT molecular complexity index is 1130. The van der Waals surface area contributed by atoms with Crippen molar-refractivity contribution in [2.45, 2.75) is 26.3 Å². The van der Waals surface area contributed by atoms with Crippen LogP contribution in [-0.4, -0.2) is 21.8 Å². The molecule has 1 aromatic heterocycles. The molecule has 30 heavy (non-hydrogen) atoms. The smallest absolute Gasteiger partial charge is 0.300 e. The quantitative estimate of drug-likeness (QED) is 0.397. The van der Waals surface area contributed by atoms with Gasteiger partial charge in [-0.2, -0.15) is 0 Å². The van der Waals surface area contributed by atoms with Crippen LogP contribution in [0.2, 0.25) is 0 Å². The summed E-state index contributed by atoms with van der Waals surface area (Å²) in [6, 6.07) is 17.6. The fourth-order valence-corrected chi connectivity index (χ4v) is 3.78. The average Bonchev–Trinajstić information content (AvgIpc) is 3.04. The Balaban J connectivity index is 1.92. The van der Waals surface area contributed by atoms with Gasteiger partial charge in [-0.05, 0) is 48.2 Å². The lowest BCUT2D eigenvalue weighted by atomic mass is 9.95. The molecular formula is C25H22N2O3. The zero-order chi connectivity index (χ0) is 21.3. The number of benzene rings is 2. The van der Waals surface area contributed by atoms with E-state index in [1.165, 1.54) is 4.90 Å². The molecule has 5 heteroatoms. The number of aliphatic hydroxyl groups is 1. The van der Waals surface area contributed by atoms with Gasteiger partial charge in [-0.25, -0.2) is 0 Å². The van der Waals surface area contributed by atoms with Crippen LogP contribution in [0.5, 0.6) is 0 Å². The minimum absolute atomic E-state index is 0.0683. The molecule has 2 aromatic carbocycles. The number of hydrogen-bond donors (Lipinski definition) is 1. The number of aromatic nitrogens is 1. The first-order chi connectivity index (χ1) is 14.5. The van der Waals surface area contributed by atoms with Crippen molar-refractivity contribution in [3.05, 3.63) is 101 Å². The van der Waals surface area contributed by atoms with Crippen LogP contribution in [-0.2, 0) is 16.0 Å². The number of pyridine rings is 1. The van der Waals surface area contributed by atoms with Crippen LogP contribution in [0, 0.1) is 6.92 Å². The summed E-state index contributed by atoms with van der Waals surface area (Å²) in [4.78, 5) is 31.7. The highest BCUT2D eigenvalue weighted by atomic mass is 16.3. The lowest BCUT2D eigenvalue weighted by molar-refractivity contribution is -0.132. The van der Waals surface area contributed by atoms with Gasteiger partial charge in [0.25, 0.3) is 11.7 Å². The number of nitrogens with zero attached hydrogens (tertiary/aromatic N) is 2. The molecule has 0 saturated carbocycles. The molecule has 5 nitrogen and oxygen atoms in total. The van der Waals surface area contributed by atoms with E-state index >= 15 is 0 Å². The van der Waals surface area contributed by atoms with Crippen molar-refractivity contribution in [2.75, 3.05) is 4.90 Å². The van der Waals surface area contributed by atoms with Gasteiger partial charge in [0, 0.05) is 23.6 Å². The second-order valence-electron chi connectivity index (χ2n) is 7.34. The SMILES string of the molecule is CCc1ccc(/C(O)=C2\C(=O)C(=O)N(c3cccc(C)c3)C2c2cccnc2)cc1. The largest absolute Gasteiger partial charge is 0.507 e. The molecule has 1 aliphatic rings. The van der Waals surface area contributed by atoms with Crippen molar-refractivity contribution in [1.29, 1.82) is 0 Å². The highest BCUT2D eigenvalue weighted by molar-refractivity contribution is 6.51. The first-order valence-electron chi connectivity index (χ1n) is 9.88. The predicted octanol–water partition coefficient (Wildman–Crippen LogP) is 4.58. The standard InChI is InChI=1S/C25H22N2O3/c1-3-17-9-11-18(12-10-17)23(28)21-22(19-7-5-13-26-15-19)27(25(30)24(21)29)20-8-4-6-16(2)14-20/h4-15,22,28H,3H2,1-2H3/b23-21+. The van der Waals surface area contributed by atoms with Crippen LogP contribution in [0.3, 0.4) is 0 Å². The molecule has 1 unspecified atom stereocenters. The Hall–Kier alpha value is -3.73. The van der Waals surface area contributed by atoms with Crippen molar-refractivity contribution in [3.8, 4) is 0 Å². The van der Waals surface area contributed by atoms with Gasteiger partial charge in [-0.3, -0.25) is 19.5 Å². The summed E-state index contributed by atoms with van der Waals surface area (Å²) in [5.74, 6) is -1.55. The zero-order valence-electron chi connectivity index (χ0n) is 16.9. The third kappa shape index (κ3) is 3.39. The number of ketones is 1. The number of Topliss-reactive ketones (excluding diaryl/α,β-unsaturated/α-hetero) is 1. The number of carbonyl (C=O) groups is 2. The second kappa shape index (κ2) is 7.95. The summed E-state index contributed by atoms with van der Waals surface area (Å²) in [5, 5.41) is 11.1. The summed E-state index contributed by atoms with van der Waals surface area (Å²) < 4.78 is 0. The summed E-state index contributed by atoms with van der Waals surface area (Å²) in [7, 11) is 0. The van der Waals surface area contributed by atoms with Gasteiger partial charge in [0.05, 0.1) is 11.6 Å². The molecule has 0 spiro atoms. The van der Waals surface area contributed by atoms with E-state index < -0.39 is 17.7 Å². The predicted molar refractivity (Wildman–Crippen MR) is 116 cm³/mol. The molecule has 1 fully saturated rings. The van der Waals surface area contributed by atoms with E-state index in [4.69, 9.17) is 0 Å². The molecule has 1 N–H and O–H groups in total. The van der Waals surface area contributed by atoms with Gasteiger partial charge in [-0.1, -0.05) is 49.4 Å². The van der Waals surface area contributed by atoms with E-state index in [2.05, 4.69) is 4.98 Å². The molecule has 1 amide bonds. The first-order valence-corrected chi connectivity index (χ1v) is 9.88. The van der Waals surface area contributed by atoms with Crippen LogP contribution in [0.1, 0.15) is 35.2 Å². The van der Waals surface area contributed by atoms with Gasteiger partial charge in [0.1, 0.15) is 5.76 Å². The van der Waals surface area contributed by atoms with Crippen LogP contribution < -0.4 is 4.90 Å². The number of carbonyl (C=O) groups excluding carboxylic acids is 2. The van der Waals surface area contributed by atoms with Gasteiger partial charge in [-0.15, -0.1) is 0 Å². The maximum Gasteiger partial charge on any atom is 0.300 e. The Labute approximate surface area is 175 Å². The zero-order valence-corrected chi connectivity index (χ0v) is 16.9. The highest BCUT2D eigenvalue weighted by Crippen LogP contribution is 2.42. The molecule has 0 radical (unpaired) electrons. The highest BCUT2D eigenvalue weighted by Gasteiger charge is 2.47. The number of amides is 1. The molecule has 1 atom stereocenters. The van der Waals surface area contributed by atoms with E-state index in [1.54, 1.807) is 42.7 Å². The summed E-state index contributed by atoms with van der Waals surface area (Å²) in [6.07, 6.45) is 4.12. The fraction of sp³-hybridized carbons (Fsp3) is 0.160. The van der Waals surface area contributed by atoms with Gasteiger partial charge in [0.15, 0.2) is 0 Å². The molecule has 2 heterocycles. The molecule has 1 saturated heterocycles. The molecule has 1 aliphatic heterocycles. The minimum atomic E-state index is -0.758. The van der Waals surface area contributed by atoms with Crippen LogP contribution in [0.25, 0.3) is 5.76 Å². The third-order valence-corrected chi connectivity index (χ3v) is 5.36. The van der Waals surface area contributed by atoms with Crippen LogP contribution >= 0.6 is 0 Å². The number of rotatable bonds is 4. The molecule has 0 aliphatic carbocycles. The van der Waals surface area contributed by atoms with Crippen molar-refractivity contribution < 1.29 is 14.7 Å². The molecule has 3 aromatic rings. The van der Waals surface area contributed by atoms with Gasteiger partial charge in [0.2, 0.25) is 0 Å². The van der Waals surface area contributed by atoms with Gasteiger partial charge < -0.3 is 5.11 Å².